The standard InChI is InChI=1S/C11H22N2OS/c1-8(11(2,3)4)6-10(14)13(5)7-9(12)15/h8H,6-7H2,1-5H3,(H2,12,15). The van der Waals surface area contributed by atoms with Crippen LogP contribution in [0, 0.1) is 11.3 Å². The summed E-state index contributed by atoms with van der Waals surface area (Å²) in [5, 5.41) is 0. The largest absolute Gasteiger partial charge is 0.392 e. The van der Waals surface area contributed by atoms with Crippen molar-refractivity contribution < 1.29 is 4.79 Å². The van der Waals surface area contributed by atoms with Gasteiger partial charge in [-0.2, -0.15) is 0 Å². The van der Waals surface area contributed by atoms with Crippen molar-refractivity contribution in [1.29, 1.82) is 0 Å². The summed E-state index contributed by atoms with van der Waals surface area (Å²) in [6, 6.07) is 0. The minimum absolute atomic E-state index is 0.102. The second-order valence-electron chi connectivity index (χ2n) is 5.19. The van der Waals surface area contributed by atoms with Crippen LogP contribution >= 0.6 is 12.2 Å². The average Bonchev–Trinajstić information content (AvgIpc) is 2.00. The Kier molecular flexibility index (Phi) is 5.21. The normalized spacial score (nSPS) is 13.4. The third-order valence-corrected chi connectivity index (χ3v) is 2.91. The van der Waals surface area contributed by atoms with Crippen molar-refractivity contribution in [3.05, 3.63) is 0 Å². The second-order valence-corrected chi connectivity index (χ2v) is 5.71. The van der Waals surface area contributed by atoms with Crippen LogP contribution in [0.4, 0.5) is 0 Å². The highest BCUT2D eigenvalue weighted by molar-refractivity contribution is 7.80. The topological polar surface area (TPSA) is 46.3 Å². The van der Waals surface area contributed by atoms with E-state index in [1.165, 1.54) is 0 Å². The van der Waals surface area contributed by atoms with Gasteiger partial charge in [-0.05, 0) is 11.3 Å². The van der Waals surface area contributed by atoms with E-state index in [9.17, 15) is 4.79 Å². The van der Waals surface area contributed by atoms with Crippen molar-refractivity contribution in [2.75, 3.05) is 13.6 Å². The van der Waals surface area contributed by atoms with Gasteiger partial charge in [-0.15, -0.1) is 0 Å². The number of hydrogen-bond donors (Lipinski definition) is 1. The molecule has 0 aliphatic carbocycles. The Morgan fingerprint density at radius 1 is 1.47 bits per heavy atom. The number of carbonyl (C=O) groups excluding carboxylic acids is 1. The van der Waals surface area contributed by atoms with E-state index < -0.39 is 0 Å². The monoisotopic (exact) mass is 230 g/mol. The van der Waals surface area contributed by atoms with E-state index in [0.29, 0.717) is 23.9 Å². The quantitative estimate of drug-likeness (QED) is 0.749. The lowest BCUT2D eigenvalue weighted by Gasteiger charge is -2.28. The molecule has 0 aromatic heterocycles. The van der Waals surface area contributed by atoms with Crippen LogP contribution in [-0.4, -0.2) is 29.4 Å². The molecule has 4 heteroatoms. The van der Waals surface area contributed by atoms with Gasteiger partial charge >= 0.3 is 0 Å². The average molecular weight is 230 g/mol. The molecule has 0 bridgehead atoms. The highest BCUT2D eigenvalue weighted by Crippen LogP contribution is 2.28. The van der Waals surface area contributed by atoms with Crippen molar-refractivity contribution in [3.63, 3.8) is 0 Å². The Morgan fingerprint density at radius 2 is 1.93 bits per heavy atom. The maximum absolute atomic E-state index is 11.7. The number of carbonyl (C=O) groups is 1. The molecule has 1 atom stereocenters. The van der Waals surface area contributed by atoms with Gasteiger partial charge in [0.1, 0.15) is 0 Å². The summed E-state index contributed by atoms with van der Waals surface area (Å²) in [7, 11) is 1.73. The summed E-state index contributed by atoms with van der Waals surface area (Å²) >= 11 is 4.76. The highest BCUT2D eigenvalue weighted by Gasteiger charge is 2.23. The predicted molar refractivity (Wildman–Crippen MR) is 67.7 cm³/mol. The molecule has 0 spiro atoms. The molecule has 0 rings (SSSR count). The first kappa shape index (κ1) is 14.4. The fourth-order valence-corrected chi connectivity index (χ4v) is 1.24. The van der Waals surface area contributed by atoms with Crippen LogP contribution in [0.15, 0.2) is 0 Å². The minimum atomic E-state index is 0.102. The summed E-state index contributed by atoms with van der Waals surface area (Å²) in [6.45, 7) is 8.87. The minimum Gasteiger partial charge on any atom is -0.392 e. The van der Waals surface area contributed by atoms with Crippen LogP contribution in [0.5, 0.6) is 0 Å². The van der Waals surface area contributed by atoms with Crippen LogP contribution in [0.25, 0.3) is 0 Å². The Hall–Kier alpha value is -0.640. The number of nitrogens with two attached hydrogens (primary N) is 1. The molecular formula is C11H22N2OS. The maximum atomic E-state index is 11.7. The van der Waals surface area contributed by atoms with Gasteiger partial charge in [-0.25, -0.2) is 0 Å². The highest BCUT2D eigenvalue weighted by atomic mass is 32.1. The first-order chi connectivity index (χ1) is 6.64. The van der Waals surface area contributed by atoms with E-state index in [1.54, 1.807) is 11.9 Å². The van der Waals surface area contributed by atoms with Gasteiger partial charge in [0.15, 0.2) is 0 Å². The van der Waals surface area contributed by atoms with Crippen molar-refractivity contribution in [3.8, 4) is 0 Å². The molecule has 0 saturated carbocycles. The summed E-state index contributed by atoms with van der Waals surface area (Å²) in [6.07, 6.45) is 0.544. The first-order valence-electron chi connectivity index (χ1n) is 5.17. The van der Waals surface area contributed by atoms with Gasteiger partial charge in [0.2, 0.25) is 5.91 Å². The molecule has 0 fully saturated rings. The summed E-state index contributed by atoms with van der Waals surface area (Å²) in [5.74, 6) is 0.448. The lowest BCUT2D eigenvalue weighted by atomic mass is 9.80. The molecular weight excluding hydrogens is 208 g/mol. The number of amides is 1. The first-order valence-corrected chi connectivity index (χ1v) is 5.57. The van der Waals surface area contributed by atoms with Crippen LogP contribution in [0.3, 0.4) is 0 Å². The van der Waals surface area contributed by atoms with Gasteiger partial charge in [0.05, 0.1) is 11.5 Å². The Balaban J connectivity index is 4.19. The second kappa shape index (κ2) is 5.45. The maximum Gasteiger partial charge on any atom is 0.222 e. The van der Waals surface area contributed by atoms with Gasteiger partial charge < -0.3 is 10.6 Å². The molecule has 88 valence electrons. The third kappa shape index (κ3) is 5.72. The lowest BCUT2D eigenvalue weighted by molar-refractivity contribution is -0.130. The lowest BCUT2D eigenvalue weighted by Crippen LogP contribution is -2.36. The summed E-state index contributed by atoms with van der Waals surface area (Å²) in [5.41, 5.74) is 5.54. The molecule has 2 N–H and O–H groups in total. The molecule has 0 aromatic carbocycles. The molecule has 0 aliphatic rings. The van der Waals surface area contributed by atoms with Crippen LogP contribution in [0.1, 0.15) is 34.1 Å². The van der Waals surface area contributed by atoms with Crippen LogP contribution in [0.2, 0.25) is 0 Å². The molecule has 0 radical (unpaired) electrons. The number of rotatable bonds is 4. The number of nitrogens with zero attached hydrogens (tertiary/aromatic N) is 1. The van der Waals surface area contributed by atoms with E-state index in [0.717, 1.165) is 0 Å². The van der Waals surface area contributed by atoms with Crippen molar-refractivity contribution in [2.45, 2.75) is 34.1 Å². The molecule has 0 aromatic rings. The fourth-order valence-electron chi connectivity index (χ4n) is 1.05. The Labute approximate surface area is 98.0 Å². The smallest absolute Gasteiger partial charge is 0.222 e. The van der Waals surface area contributed by atoms with Gasteiger partial charge in [0, 0.05) is 13.5 Å². The SMILES string of the molecule is CC(CC(=O)N(C)CC(N)=S)C(C)(C)C. The van der Waals surface area contributed by atoms with E-state index in [2.05, 4.69) is 27.7 Å². The van der Waals surface area contributed by atoms with E-state index in [4.69, 9.17) is 18.0 Å². The molecule has 1 unspecified atom stereocenters. The van der Waals surface area contributed by atoms with Crippen molar-refractivity contribution >= 4 is 23.1 Å². The van der Waals surface area contributed by atoms with E-state index in [-0.39, 0.29) is 11.3 Å². The molecule has 3 nitrogen and oxygen atoms in total. The van der Waals surface area contributed by atoms with E-state index in [1.807, 2.05) is 0 Å². The summed E-state index contributed by atoms with van der Waals surface area (Å²) in [4.78, 5) is 13.7. The zero-order valence-electron chi connectivity index (χ0n) is 10.3. The predicted octanol–water partition coefficient (Wildman–Crippen LogP) is 1.80. The molecule has 0 heterocycles. The van der Waals surface area contributed by atoms with Gasteiger partial charge in [-0.1, -0.05) is 39.9 Å². The van der Waals surface area contributed by atoms with Crippen LogP contribution < -0.4 is 5.73 Å². The van der Waals surface area contributed by atoms with Crippen LogP contribution in [-0.2, 0) is 4.79 Å². The number of hydrogen-bond acceptors (Lipinski definition) is 2. The van der Waals surface area contributed by atoms with Gasteiger partial charge in [0.25, 0.3) is 0 Å². The Morgan fingerprint density at radius 3 is 2.27 bits per heavy atom. The van der Waals surface area contributed by atoms with Crippen molar-refractivity contribution in [2.24, 2.45) is 17.1 Å². The Bertz CT molecular complexity index is 245. The number of thiocarbonyl (C=S) groups is 1. The molecule has 0 aliphatic heterocycles. The molecule has 15 heavy (non-hydrogen) atoms. The van der Waals surface area contributed by atoms with Gasteiger partial charge in [-0.3, -0.25) is 4.79 Å². The van der Waals surface area contributed by atoms with Crippen molar-refractivity contribution in [1.82, 2.24) is 4.90 Å². The fraction of sp³-hybridized carbons (Fsp3) is 0.818. The summed E-state index contributed by atoms with van der Waals surface area (Å²) < 4.78 is 0. The third-order valence-electron chi connectivity index (χ3n) is 2.78. The molecule has 1 amide bonds. The number of likely N-dealkylation sites (N-methyl/N-ethyl adjacent to an activating group) is 1. The molecule has 0 saturated heterocycles. The van der Waals surface area contributed by atoms with E-state index >= 15 is 0 Å². The zero-order chi connectivity index (χ0) is 12.2. The zero-order valence-corrected chi connectivity index (χ0v) is 11.1.